The summed E-state index contributed by atoms with van der Waals surface area (Å²) in [4.78, 5) is 22.6. The molecule has 0 heterocycles. The topological polar surface area (TPSA) is 63.6 Å². The van der Waals surface area contributed by atoms with Crippen molar-refractivity contribution in [3.05, 3.63) is 24.3 Å². The van der Waals surface area contributed by atoms with Gasteiger partial charge >= 0.3 is 11.9 Å². The Labute approximate surface area is 261 Å². The largest absolute Gasteiger partial charge is 0.481 e. The van der Waals surface area contributed by atoms with Gasteiger partial charge < -0.3 is 9.84 Å². The minimum atomic E-state index is -0.670. The van der Waals surface area contributed by atoms with Crippen LogP contribution >= 0.6 is 0 Å². The van der Waals surface area contributed by atoms with Crippen molar-refractivity contribution >= 4 is 11.9 Å². The van der Waals surface area contributed by atoms with Gasteiger partial charge in [0.15, 0.2) is 0 Å². The Morgan fingerprint density at radius 2 is 0.952 bits per heavy atom. The van der Waals surface area contributed by atoms with Gasteiger partial charge in [-0.15, -0.1) is 0 Å². The van der Waals surface area contributed by atoms with E-state index in [1.807, 2.05) is 6.92 Å². The number of hydrogen-bond donors (Lipinski definition) is 1. The minimum absolute atomic E-state index is 0.00893. The van der Waals surface area contributed by atoms with Gasteiger partial charge in [-0.1, -0.05) is 147 Å². The minimum Gasteiger partial charge on any atom is -0.481 e. The molecule has 0 rings (SSSR count). The van der Waals surface area contributed by atoms with Crippen LogP contribution in [-0.4, -0.2) is 23.1 Å². The van der Waals surface area contributed by atoms with Crippen LogP contribution in [0.15, 0.2) is 24.3 Å². The molecule has 4 nitrogen and oxygen atoms in total. The Hall–Kier alpha value is -1.58. The number of ether oxygens (including phenoxy) is 1. The lowest BCUT2D eigenvalue weighted by atomic mass is 10.0. The number of carbonyl (C=O) groups excluding carboxylic acids is 1. The maximum absolute atomic E-state index is 12.1. The smallest absolute Gasteiger partial charge is 0.306 e. The first-order valence-corrected chi connectivity index (χ1v) is 18.3. The Morgan fingerprint density at radius 3 is 1.43 bits per heavy atom. The van der Waals surface area contributed by atoms with Crippen LogP contribution < -0.4 is 0 Å². The fraction of sp³-hybridized carbons (Fsp3) is 0.842. The van der Waals surface area contributed by atoms with Crippen molar-refractivity contribution in [3.8, 4) is 0 Å². The second-order valence-corrected chi connectivity index (χ2v) is 12.5. The molecule has 1 N–H and O–H groups in total. The lowest BCUT2D eigenvalue weighted by Gasteiger charge is -2.13. The zero-order valence-corrected chi connectivity index (χ0v) is 28.1. The molecule has 0 aliphatic carbocycles. The first-order chi connectivity index (χ1) is 20.6. The first-order valence-electron chi connectivity index (χ1n) is 18.3. The van der Waals surface area contributed by atoms with Crippen molar-refractivity contribution in [2.75, 3.05) is 0 Å². The van der Waals surface area contributed by atoms with E-state index in [1.54, 1.807) is 0 Å². The zero-order chi connectivity index (χ0) is 30.8. The van der Waals surface area contributed by atoms with Gasteiger partial charge in [-0.3, -0.25) is 9.59 Å². The van der Waals surface area contributed by atoms with Crippen LogP contribution in [0.25, 0.3) is 0 Å². The van der Waals surface area contributed by atoms with Crippen molar-refractivity contribution in [3.63, 3.8) is 0 Å². The number of aliphatic carboxylic acids is 1. The molecule has 0 saturated heterocycles. The Balaban J connectivity index is 3.34. The molecule has 1 atom stereocenters. The van der Waals surface area contributed by atoms with Gasteiger partial charge in [0.25, 0.3) is 0 Å². The van der Waals surface area contributed by atoms with Crippen LogP contribution in [0.4, 0.5) is 0 Å². The summed E-state index contributed by atoms with van der Waals surface area (Å²) in [6, 6.07) is 0. The van der Waals surface area contributed by atoms with Gasteiger partial charge in [-0.2, -0.15) is 0 Å². The van der Waals surface area contributed by atoms with Crippen molar-refractivity contribution in [1.82, 2.24) is 0 Å². The molecule has 0 aromatic heterocycles. The number of esters is 1. The highest BCUT2D eigenvalue weighted by Crippen LogP contribution is 2.15. The fourth-order valence-corrected chi connectivity index (χ4v) is 5.43. The quantitative estimate of drug-likeness (QED) is 0.0469. The van der Waals surface area contributed by atoms with Gasteiger partial charge in [0.1, 0.15) is 0 Å². The molecule has 0 aliphatic heterocycles. The highest BCUT2D eigenvalue weighted by molar-refractivity contribution is 5.69. The predicted molar refractivity (Wildman–Crippen MR) is 181 cm³/mol. The number of unbranched alkanes of at least 4 members (excludes halogenated alkanes) is 22. The van der Waals surface area contributed by atoms with Crippen LogP contribution in [0.2, 0.25) is 0 Å². The molecule has 0 radical (unpaired) electrons. The molecule has 0 fully saturated rings. The molecule has 1 unspecified atom stereocenters. The summed E-state index contributed by atoms with van der Waals surface area (Å²) < 4.78 is 5.63. The van der Waals surface area contributed by atoms with Crippen molar-refractivity contribution in [2.24, 2.45) is 0 Å². The SMILES string of the molecule is CCCCC/C=C\C/C=C\CCCCCCCCCC(=O)OC(C)CCCCCCCCCCCCCCCC(=O)O. The summed E-state index contributed by atoms with van der Waals surface area (Å²) in [6.45, 7) is 4.30. The van der Waals surface area contributed by atoms with E-state index in [0.29, 0.717) is 12.8 Å². The molecule has 0 spiro atoms. The van der Waals surface area contributed by atoms with Crippen molar-refractivity contribution < 1.29 is 19.4 Å². The number of hydrogen-bond acceptors (Lipinski definition) is 3. The molecule has 0 aliphatic rings. The lowest BCUT2D eigenvalue weighted by Crippen LogP contribution is -2.14. The summed E-state index contributed by atoms with van der Waals surface area (Å²) in [6.07, 6.45) is 43.2. The highest BCUT2D eigenvalue weighted by atomic mass is 16.5. The Bertz CT molecular complexity index is 639. The van der Waals surface area contributed by atoms with Gasteiger partial charge in [0.05, 0.1) is 6.10 Å². The Kier molecular flexibility index (Phi) is 32.6. The van der Waals surface area contributed by atoms with E-state index in [1.165, 1.54) is 128 Å². The van der Waals surface area contributed by atoms with Crippen LogP contribution in [0, 0.1) is 0 Å². The normalized spacial score (nSPS) is 12.4. The number of carboxylic acid groups (broad SMARTS) is 1. The maximum Gasteiger partial charge on any atom is 0.306 e. The number of allylic oxidation sites excluding steroid dienone is 4. The summed E-state index contributed by atoms with van der Waals surface area (Å²) in [5, 5.41) is 8.64. The van der Waals surface area contributed by atoms with E-state index < -0.39 is 5.97 Å². The van der Waals surface area contributed by atoms with E-state index >= 15 is 0 Å². The van der Waals surface area contributed by atoms with Crippen LogP contribution in [0.3, 0.4) is 0 Å². The molecule has 0 amide bonds. The lowest BCUT2D eigenvalue weighted by molar-refractivity contribution is -0.148. The van der Waals surface area contributed by atoms with Gasteiger partial charge in [0, 0.05) is 12.8 Å². The second kappa shape index (κ2) is 33.9. The molecular formula is C38H70O4. The average molecular weight is 591 g/mol. The summed E-state index contributed by atoms with van der Waals surface area (Å²) >= 11 is 0. The molecular weight excluding hydrogens is 520 g/mol. The maximum atomic E-state index is 12.1. The number of rotatable bonds is 33. The van der Waals surface area contributed by atoms with Crippen molar-refractivity contribution in [1.29, 1.82) is 0 Å². The predicted octanol–water partition coefficient (Wildman–Crippen LogP) is 12.4. The van der Waals surface area contributed by atoms with Crippen LogP contribution in [-0.2, 0) is 14.3 Å². The molecule has 0 bridgehead atoms. The monoisotopic (exact) mass is 591 g/mol. The van der Waals surface area contributed by atoms with Crippen molar-refractivity contribution in [2.45, 2.75) is 206 Å². The van der Waals surface area contributed by atoms with E-state index in [0.717, 1.165) is 44.9 Å². The standard InChI is InChI=1S/C38H70O4/c1-3-4-5-6-7-8-9-10-11-12-13-17-20-23-26-29-32-35-38(41)42-36(2)33-30-27-24-21-18-15-14-16-19-22-25-28-31-34-37(39)40/h7-8,10-11,36H,3-6,9,12-35H2,1-2H3,(H,39,40)/b8-7-,11-10-. The van der Waals surface area contributed by atoms with E-state index in [2.05, 4.69) is 31.2 Å². The molecule has 4 heteroatoms. The summed E-state index contributed by atoms with van der Waals surface area (Å²) in [5.74, 6) is -0.679. The molecule has 246 valence electrons. The summed E-state index contributed by atoms with van der Waals surface area (Å²) in [7, 11) is 0. The zero-order valence-electron chi connectivity index (χ0n) is 28.1. The molecule has 0 aromatic carbocycles. The summed E-state index contributed by atoms with van der Waals surface area (Å²) in [5.41, 5.74) is 0. The highest BCUT2D eigenvalue weighted by Gasteiger charge is 2.09. The van der Waals surface area contributed by atoms with E-state index in [4.69, 9.17) is 9.84 Å². The Morgan fingerprint density at radius 1 is 0.548 bits per heavy atom. The first kappa shape index (κ1) is 40.4. The fourth-order valence-electron chi connectivity index (χ4n) is 5.43. The average Bonchev–Trinajstić information content (AvgIpc) is 2.96. The van der Waals surface area contributed by atoms with Crippen LogP contribution in [0.5, 0.6) is 0 Å². The molecule has 0 aromatic rings. The number of carboxylic acids is 1. The third-order valence-corrected chi connectivity index (χ3v) is 8.17. The van der Waals surface area contributed by atoms with E-state index in [-0.39, 0.29) is 12.1 Å². The van der Waals surface area contributed by atoms with Gasteiger partial charge in [-0.25, -0.2) is 0 Å². The van der Waals surface area contributed by atoms with Gasteiger partial charge in [-0.05, 0) is 64.7 Å². The molecule has 0 saturated carbocycles. The number of carbonyl (C=O) groups is 2. The molecule has 42 heavy (non-hydrogen) atoms. The van der Waals surface area contributed by atoms with Crippen LogP contribution in [0.1, 0.15) is 200 Å². The third kappa shape index (κ3) is 34.6. The second-order valence-electron chi connectivity index (χ2n) is 12.5. The third-order valence-electron chi connectivity index (χ3n) is 8.17. The van der Waals surface area contributed by atoms with Gasteiger partial charge in [0.2, 0.25) is 0 Å². The van der Waals surface area contributed by atoms with E-state index in [9.17, 15) is 9.59 Å².